The molecule has 0 aromatic heterocycles. The molecule has 0 amide bonds. The van der Waals surface area contributed by atoms with Crippen molar-refractivity contribution in [1.82, 2.24) is 0 Å². The fraction of sp³-hybridized carbons (Fsp3) is 0. The molecule has 1 nitrogen and oxygen atoms in total. The Morgan fingerprint density at radius 1 is 0.941 bits per heavy atom. The van der Waals surface area contributed by atoms with Gasteiger partial charge < -0.3 is 0 Å². The minimum absolute atomic E-state index is 0.0480. The zero-order valence-corrected chi connectivity index (χ0v) is 10.7. The van der Waals surface area contributed by atoms with Crippen molar-refractivity contribution < 1.29 is 4.79 Å². The molecule has 2 aromatic rings. The monoisotopic (exact) mass is 286 g/mol. The fourth-order valence-electron chi connectivity index (χ4n) is 1.66. The van der Waals surface area contributed by atoms with E-state index in [0.29, 0.717) is 5.56 Å². The second-order valence-corrected chi connectivity index (χ2v) is 4.10. The van der Waals surface area contributed by atoms with Gasteiger partial charge in [0.15, 0.2) is 5.78 Å². The van der Waals surface area contributed by atoms with Gasteiger partial charge in [0.2, 0.25) is 0 Å². The Morgan fingerprint density at radius 2 is 1.59 bits per heavy atom. The average molecular weight is 287 g/mol. The van der Waals surface area contributed by atoms with Gasteiger partial charge in [-0.1, -0.05) is 70.5 Å². The van der Waals surface area contributed by atoms with Gasteiger partial charge in [0, 0.05) is 11.1 Å². The number of halogens is 1. The van der Waals surface area contributed by atoms with Crippen molar-refractivity contribution in [3.8, 4) is 0 Å². The number of rotatable bonds is 3. The lowest BCUT2D eigenvalue weighted by molar-refractivity contribution is 0.103. The molecular formula is C15H11BrO. The second kappa shape index (κ2) is 5.60. The van der Waals surface area contributed by atoms with Crippen LogP contribution in [0.4, 0.5) is 0 Å². The Hall–Kier alpha value is -1.67. The van der Waals surface area contributed by atoms with Crippen molar-refractivity contribution in [3.63, 3.8) is 0 Å². The van der Waals surface area contributed by atoms with Crippen LogP contribution in [0.15, 0.2) is 59.6 Å². The van der Waals surface area contributed by atoms with Gasteiger partial charge in [0.25, 0.3) is 0 Å². The molecule has 84 valence electrons. The lowest BCUT2D eigenvalue weighted by atomic mass is 9.98. The predicted octanol–water partition coefficient (Wildman–Crippen LogP) is 4.28. The first-order chi connectivity index (χ1) is 8.33. The van der Waals surface area contributed by atoms with Crippen LogP contribution >= 0.6 is 15.9 Å². The predicted molar refractivity (Wildman–Crippen MR) is 74.3 cm³/mol. The van der Waals surface area contributed by atoms with Gasteiger partial charge in [0.05, 0.1) is 0 Å². The molecule has 0 radical (unpaired) electrons. The maximum Gasteiger partial charge on any atom is 0.193 e. The van der Waals surface area contributed by atoms with Crippen LogP contribution in [-0.2, 0) is 0 Å². The van der Waals surface area contributed by atoms with E-state index in [1.54, 1.807) is 4.99 Å². The number of benzene rings is 2. The van der Waals surface area contributed by atoms with Crippen molar-refractivity contribution in [1.29, 1.82) is 0 Å². The molecule has 0 atom stereocenters. The maximum atomic E-state index is 12.3. The molecule has 2 rings (SSSR count). The first-order valence-electron chi connectivity index (χ1n) is 5.28. The highest BCUT2D eigenvalue weighted by Crippen LogP contribution is 2.16. The number of hydrogen-bond donors (Lipinski definition) is 0. The third-order valence-electron chi connectivity index (χ3n) is 2.48. The summed E-state index contributed by atoms with van der Waals surface area (Å²) in [4.78, 5) is 14.0. The van der Waals surface area contributed by atoms with E-state index in [0.717, 1.165) is 11.1 Å². The molecule has 0 spiro atoms. The lowest BCUT2D eigenvalue weighted by Crippen LogP contribution is -2.02. The topological polar surface area (TPSA) is 17.1 Å². The van der Waals surface area contributed by atoms with Crippen LogP contribution in [0, 0.1) is 0 Å². The highest BCUT2D eigenvalue weighted by molar-refractivity contribution is 9.11. The van der Waals surface area contributed by atoms with Crippen molar-refractivity contribution in [3.05, 3.63) is 76.3 Å². The normalized spacial score (nSPS) is 10.6. The van der Waals surface area contributed by atoms with Gasteiger partial charge in [-0.25, -0.2) is 0 Å². The Balaban J connectivity index is 2.44. The molecule has 0 saturated heterocycles. The summed E-state index contributed by atoms with van der Waals surface area (Å²) in [6, 6.07) is 16.9. The van der Waals surface area contributed by atoms with E-state index in [9.17, 15) is 4.79 Å². The Morgan fingerprint density at radius 3 is 2.29 bits per heavy atom. The third kappa shape index (κ3) is 2.71. The smallest absolute Gasteiger partial charge is 0.193 e. The molecule has 2 aromatic carbocycles. The summed E-state index contributed by atoms with van der Waals surface area (Å²) < 4.78 is 0. The van der Waals surface area contributed by atoms with Gasteiger partial charge in [-0.15, -0.1) is 0 Å². The molecule has 0 aliphatic heterocycles. The molecule has 0 fully saturated rings. The van der Waals surface area contributed by atoms with Crippen molar-refractivity contribution in [2.24, 2.45) is 0 Å². The summed E-state index contributed by atoms with van der Waals surface area (Å²) in [5.41, 5.74) is 2.34. The van der Waals surface area contributed by atoms with Crippen LogP contribution in [0.5, 0.6) is 0 Å². The highest BCUT2D eigenvalue weighted by Gasteiger charge is 2.10. The summed E-state index contributed by atoms with van der Waals surface area (Å²) in [5.74, 6) is 0.0480. The van der Waals surface area contributed by atoms with E-state index >= 15 is 0 Å². The number of ketones is 1. The zero-order valence-electron chi connectivity index (χ0n) is 9.14. The van der Waals surface area contributed by atoms with E-state index in [4.69, 9.17) is 0 Å². The van der Waals surface area contributed by atoms with Crippen LogP contribution in [0.1, 0.15) is 21.5 Å². The molecule has 2 heteroatoms. The minimum Gasteiger partial charge on any atom is -0.289 e. The van der Waals surface area contributed by atoms with Gasteiger partial charge in [0.1, 0.15) is 0 Å². The summed E-state index contributed by atoms with van der Waals surface area (Å²) in [5, 5.41) is 0. The SMILES string of the molecule is O=C(c1ccccc1)c1ccccc1C=CBr. The molecule has 0 heterocycles. The van der Waals surface area contributed by atoms with Gasteiger partial charge >= 0.3 is 0 Å². The van der Waals surface area contributed by atoms with E-state index in [1.165, 1.54) is 0 Å². The van der Waals surface area contributed by atoms with Crippen LogP contribution in [0.3, 0.4) is 0 Å². The van der Waals surface area contributed by atoms with Gasteiger partial charge in [-0.2, -0.15) is 0 Å². The molecule has 0 unspecified atom stereocenters. The summed E-state index contributed by atoms with van der Waals surface area (Å²) in [7, 11) is 0. The lowest BCUT2D eigenvalue weighted by Gasteiger charge is -2.04. The standard InChI is InChI=1S/C15H11BrO/c16-11-10-12-6-4-5-9-14(12)15(17)13-7-2-1-3-8-13/h1-11H. The maximum absolute atomic E-state index is 12.3. The number of carbonyl (C=O) groups is 1. The minimum atomic E-state index is 0.0480. The molecule has 0 N–H and O–H groups in total. The van der Waals surface area contributed by atoms with Crippen LogP contribution in [0.25, 0.3) is 6.08 Å². The molecule has 0 saturated carbocycles. The Kier molecular flexibility index (Phi) is 3.89. The molecule has 0 aliphatic carbocycles. The quantitative estimate of drug-likeness (QED) is 0.770. The summed E-state index contributed by atoms with van der Waals surface area (Å²) >= 11 is 3.23. The average Bonchev–Trinajstić information content (AvgIpc) is 2.40. The van der Waals surface area contributed by atoms with Crippen molar-refractivity contribution in [2.75, 3.05) is 0 Å². The Labute approximate surface area is 109 Å². The number of hydrogen-bond acceptors (Lipinski definition) is 1. The molecule has 0 aliphatic rings. The molecule has 17 heavy (non-hydrogen) atoms. The van der Waals surface area contributed by atoms with Crippen molar-refractivity contribution >= 4 is 27.8 Å². The number of carbonyl (C=O) groups excluding carboxylic acids is 1. The molecule has 0 bridgehead atoms. The van der Waals surface area contributed by atoms with E-state index < -0.39 is 0 Å². The molecular weight excluding hydrogens is 276 g/mol. The zero-order chi connectivity index (χ0) is 12.1. The van der Waals surface area contributed by atoms with Crippen LogP contribution in [0.2, 0.25) is 0 Å². The Bertz CT molecular complexity index is 544. The van der Waals surface area contributed by atoms with Crippen molar-refractivity contribution in [2.45, 2.75) is 0 Å². The first kappa shape index (κ1) is 11.8. The van der Waals surface area contributed by atoms with Gasteiger partial charge in [-0.05, 0) is 16.6 Å². The van der Waals surface area contributed by atoms with Gasteiger partial charge in [-0.3, -0.25) is 4.79 Å². The van der Waals surface area contributed by atoms with Crippen LogP contribution in [-0.4, -0.2) is 5.78 Å². The fourth-order valence-corrected chi connectivity index (χ4v) is 1.95. The third-order valence-corrected chi connectivity index (χ3v) is 2.75. The second-order valence-electron chi connectivity index (χ2n) is 3.58. The summed E-state index contributed by atoms with van der Waals surface area (Å²) in [6.07, 6.45) is 1.87. The van der Waals surface area contributed by atoms with E-state index in [1.807, 2.05) is 60.7 Å². The van der Waals surface area contributed by atoms with E-state index in [-0.39, 0.29) is 5.78 Å². The van der Waals surface area contributed by atoms with E-state index in [2.05, 4.69) is 15.9 Å². The van der Waals surface area contributed by atoms with Crippen LogP contribution < -0.4 is 0 Å². The summed E-state index contributed by atoms with van der Waals surface area (Å²) in [6.45, 7) is 0. The highest BCUT2D eigenvalue weighted by atomic mass is 79.9. The first-order valence-corrected chi connectivity index (χ1v) is 6.20. The largest absolute Gasteiger partial charge is 0.289 e.